The minimum Gasteiger partial charge on any atom is -0.507 e. The molecule has 0 radical (unpaired) electrons. The van der Waals surface area contributed by atoms with Gasteiger partial charge in [-0.25, -0.2) is 0 Å². The van der Waals surface area contributed by atoms with Crippen molar-refractivity contribution in [1.82, 2.24) is 4.90 Å². The van der Waals surface area contributed by atoms with Gasteiger partial charge in [-0.3, -0.25) is 9.59 Å². The van der Waals surface area contributed by atoms with Crippen molar-refractivity contribution in [3.05, 3.63) is 94.4 Å². The second-order valence-electron chi connectivity index (χ2n) is 6.79. The first-order valence-corrected chi connectivity index (χ1v) is 9.58. The molecule has 1 atom stereocenters. The Morgan fingerprint density at radius 3 is 2.57 bits per heavy atom. The molecule has 3 aromatic rings. The number of aliphatic hydroxyl groups is 1. The molecule has 0 aliphatic carbocycles. The van der Waals surface area contributed by atoms with Gasteiger partial charge in [-0.2, -0.15) is 0 Å². The highest BCUT2D eigenvalue weighted by Crippen LogP contribution is 2.41. The van der Waals surface area contributed by atoms with Crippen molar-refractivity contribution in [2.45, 2.75) is 12.6 Å². The number of hydrogen-bond donors (Lipinski definition) is 1. The molecule has 0 bridgehead atoms. The van der Waals surface area contributed by atoms with E-state index in [1.807, 2.05) is 0 Å². The number of carbonyl (C=O) groups excluding carboxylic acids is 2. The summed E-state index contributed by atoms with van der Waals surface area (Å²) in [4.78, 5) is 27.3. The summed E-state index contributed by atoms with van der Waals surface area (Å²) < 4.78 is 10.7. The summed E-state index contributed by atoms with van der Waals surface area (Å²) >= 11 is 5.94. The van der Waals surface area contributed by atoms with Crippen molar-refractivity contribution in [3.63, 3.8) is 0 Å². The van der Waals surface area contributed by atoms with Crippen LogP contribution in [0.15, 0.2) is 76.9 Å². The highest BCUT2D eigenvalue weighted by atomic mass is 35.5. The number of rotatable bonds is 5. The molecule has 7 heteroatoms. The van der Waals surface area contributed by atoms with E-state index in [1.54, 1.807) is 60.7 Å². The van der Waals surface area contributed by atoms with Crippen molar-refractivity contribution < 1.29 is 23.8 Å². The maximum absolute atomic E-state index is 13.0. The molecular weight excluding hydrogens is 406 g/mol. The predicted octanol–water partition coefficient (Wildman–Crippen LogP) is 4.56. The molecule has 0 saturated carbocycles. The minimum absolute atomic E-state index is 0.00197. The average Bonchev–Trinajstić information content (AvgIpc) is 3.36. The molecule has 1 aliphatic rings. The molecule has 1 fully saturated rings. The van der Waals surface area contributed by atoms with Gasteiger partial charge in [0.1, 0.15) is 17.3 Å². The molecule has 4 rings (SSSR count). The maximum Gasteiger partial charge on any atom is 0.296 e. The van der Waals surface area contributed by atoms with Crippen LogP contribution in [-0.2, 0) is 16.1 Å². The molecule has 2 heterocycles. The van der Waals surface area contributed by atoms with Crippen LogP contribution in [0.2, 0.25) is 5.02 Å². The number of ether oxygens (including phenoxy) is 1. The number of nitrogens with zero attached hydrogens (tertiary/aromatic N) is 1. The van der Waals surface area contributed by atoms with Crippen molar-refractivity contribution >= 4 is 29.1 Å². The number of aliphatic hydroxyl groups excluding tert-OH is 1. The summed E-state index contributed by atoms with van der Waals surface area (Å²) in [5.74, 6) is -0.643. The van der Waals surface area contributed by atoms with E-state index in [2.05, 4.69) is 0 Å². The van der Waals surface area contributed by atoms with E-state index in [-0.39, 0.29) is 17.9 Å². The fraction of sp³-hybridized carbons (Fsp3) is 0.130. The number of likely N-dealkylation sites (tertiary alicyclic amines) is 1. The number of benzene rings is 2. The zero-order valence-corrected chi connectivity index (χ0v) is 16.8. The van der Waals surface area contributed by atoms with Crippen molar-refractivity contribution in [3.8, 4) is 5.75 Å². The molecule has 1 amide bonds. The molecule has 1 N–H and O–H groups in total. The first kappa shape index (κ1) is 19.8. The number of halogens is 1. The summed E-state index contributed by atoms with van der Waals surface area (Å²) in [5.41, 5.74) is 1.03. The minimum atomic E-state index is -0.805. The Morgan fingerprint density at radius 1 is 1.13 bits per heavy atom. The Bertz CT molecular complexity index is 1120. The molecular formula is C23H18ClNO5. The molecule has 1 aliphatic heterocycles. The van der Waals surface area contributed by atoms with E-state index < -0.39 is 17.7 Å². The summed E-state index contributed by atoms with van der Waals surface area (Å²) in [6, 6.07) is 16.1. The standard InChI is InChI=1S/C23H18ClNO5/c1-29-17-5-2-4-15(12-17)20-19(21(26)14-7-9-16(24)10-8-14)22(27)23(28)25(20)13-18-6-3-11-30-18/h2-12,20,26H,13H2,1H3/b21-19-. The summed E-state index contributed by atoms with van der Waals surface area (Å²) in [5, 5.41) is 11.5. The Morgan fingerprint density at radius 2 is 1.90 bits per heavy atom. The van der Waals surface area contributed by atoms with Crippen LogP contribution in [0.1, 0.15) is 22.9 Å². The molecule has 2 aromatic carbocycles. The van der Waals surface area contributed by atoms with Crippen molar-refractivity contribution in [2.75, 3.05) is 7.11 Å². The topological polar surface area (TPSA) is 80.0 Å². The van der Waals surface area contributed by atoms with E-state index in [0.29, 0.717) is 27.7 Å². The van der Waals surface area contributed by atoms with Crippen LogP contribution in [0.5, 0.6) is 5.75 Å². The summed E-state index contributed by atoms with van der Waals surface area (Å²) in [6.07, 6.45) is 1.50. The Hall–Kier alpha value is -3.51. The van der Waals surface area contributed by atoms with E-state index in [0.717, 1.165) is 0 Å². The largest absolute Gasteiger partial charge is 0.507 e. The second kappa shape index (κ2) is 8.08. The Balaban J connectivity index is 1.87. The highest BCUT2D eigenvalue weighted by molar-refractivity contribution is 6.46. The van der Waals surface area contributed by atoms with Gasteiger partial charge in [0.05, 0.1) is 31.5 Å². The maximum atomic E-state index is 13.0. The SMILES string of the molecule is COc1cccc(C2/C(=C(/O)c3ccc(Cl)cc3)C(=O)C(=O)N2Cc2ccco2)c1. The monoisotopic (exact) mass is 423 g/mol. The summed E-state index contributed by atoms with van der Waals surface area (Å²) in [7, 11) is 1.53. The molecule has 0 spiro atoms. The number of Topliss-reactive ketones (excluding diaryl/α,β-unsaturated/α-hetero) is 1. The normalized spacial score (nSPS) is 18.1. The van der Waals surface area contributed by atoms with Gasteiger partial charge in [0.2, 0.25) is 0 Å². The average molecular weight is 424 g/mol. The van der Waals surface area contributed by atoms with Crippen LogP contribution in [0.4, 0.5) is 0 Å². The number of methoxy groups -OCH3 is 1. The number of carbonyl (C=O) groups is 2. The molecule has 30 heavy (non-hydrogen) atoms. The van der Waals surface area contributed by atoms with Crippen LogP contribution in [0.3, 0.4) is 0 Å². The fourth-order valence-electron chi connectivity index (χ4n) is 3.53. The first-order chi connectivity index (χ1) is 14.5. The van der Waals surface area contributed by atoms with E-state index in [1.165, 1.54) is 18.3 Å². The number of amides is 1. The first-order valence-electron chi connectivity index (χ1n) is 9.20. The quantitative estimate of drug-likeness (QED) is 0.369. The van der Waals surface area contributed by atoms with Crippen molar-refractivity contribution in [1.29, 1.82) is 0 Å². The number of hydrogen-bond acceptors (Lipinski definition) is 5. The zero-order valence-electron chi connectivity index (χ0n) is 16.0. The van der Waals surface area contributed by atoms with Gasteiger partial charge in [0.25, 0.3) is 11.7 Å². The van der Waals surface area contributed by atoms with Gasteiger partial charge < -0.3 is 19.2 Å². The third kappa shape index (κ3) is 3.57. The lowest BCUT2D eigenvalue weighted by Crippen LogP contribution is -2.29. The second-order valence-corrected chi connectivity index (χ2v) is 7.23. The Kier molecular flexibility index (Phi) is 5.33. The van der Waals surface area contributed by atoms with E-state index in [4.69, 9.17) is 20.8 Å². The van der Waals surface area contributed by atoms with Gasteiger partial charge in [-0.05, 0) is 54.1 Å². The predicted molar refractivity (Wildman–Crippen MR) is 111 cm³/mol. The summed E-state index contributed by atoms with van der Waals surface area (Å²) in [6.45, 7) is 0.0802. The van der Waals surface area contributed by atoms with Crippen LogP contribution < -0.4 is 4.74 Å². The molecule has 1 unspecified atom stereocenters. The van der Waals surface area contributed by atoms with Crippen LogP contribution in [-0.4, -0.2) is 28.8 Å². The molecule has 6 nitrogen and oxygen atoms in total. The third-order valence-corrected chi connectivity index (χ3v) is 5.23. The van der Waals surface area contributed by atoms with Crippen LogP contribution >= 0.6 is 11.6 Å². The van der Waals surface area contributed by atoms with E-state index >= 15 is 0 Å². The van der Waals surface area contributed by atoms with Gasteiger partial charge in [0, 0.05) is 10.6 Å². The van der Waals surface area contributed by atoms with Gasteiger partial charge in [0.15, 0.2) is 0 Å². The lowest BCUT2D eigenvalue weighted by atomic mass is 9.95. The van der Waals surface area contributed by atoms with Crippen LogP contribution in [0.25, 0.3) is 5.76 Å². The lowest BCUT2D eigenvalue weighted by Gasteiger charge is -2.24. The third-order valence-electron chi connectivity index (χ3n) is 4.97. The van der Waals surface area contributed by atoms with Gasteiger partial charge in [-0.15, -0.1) is 0 Å². The fourth-order valence-corrected chi connectivity index (χ4v) is 3.66. The zero-order chi connectivity index (χ0) is 21.3. The molecule has 152 valence electrons. The van der Waals surface area contributed by atoms with Crippen LogP contribution in [0, 0.1) is 0 Å². The van der Waals surface area contributed by atoms with Gasteiger partial charge in [-0.1, -0.05) is 23.7 Å². The highest BCUT2D eigenvalue weighted by Gasteiger charge is 2.46. The van der Waals surface area contributed by atoms with E-state index in [9.17, 15) is 14.7 Å². The number of furan rings is 1. The number of ketones is 1. The molecule has 1 saturated heterocycles. The Labute approximate surface area is 177 Å². The van der Waals surface area contributed by atoms with Crippen molar-refractivity contribution in [2.24, 2.45) is 0 Å². The lowest BCUT2D eigenvalue weighted by molar-refractivity contribution is -0.140. The molecule has 1 aromatic heterocycles. The van der Waals surface area contributed by atoms with Gasteiger partial charge >= 0.3 is 0 Å². The smallest absolute Gasteiger partial charge is 0.296 e.